The summed E-state index contributed by atoms with van der Waals surface area (Å²) >= 11 is 7.15. The number of para-hydroxylation sites is 1. The number of rotatable bonds is 8. The Hall–Kier alpha value is -3.64. The number of hydrogen-bond donors (Lipinski definition) is 3. The van der Waals surface area contributed by atoms with Gasteiger partial charge >= 0.3 is 24.2 Å². The quantitative estimate of drug-likeness (QED) is 0.113. The predicted octanol–water partition coefficient (Wildman–Crippen LogP) is 7.41. The van der Waals surface area contributed by atoms with Gasteiger partial charge in [0.25, 0.3) is 0 Å². The van der Waals surface area contributed by atoms with Crippen LogP contribution in [-0.2, 0) is 31.1 Å². The Labute approximate surface area is 275 Å². The van der Waals surface area contributed by atoms with Crippen LogP contribution in [0.4, 0.5) is 20.1 Å². The van der Waals surface area contributed by atoms with Crippen LogP contribution in [-0.4, -0.2) is 46.9 Å². The summed E-state index contributed by atoms with van der Waals surface area (Å²) in [6.45, 7) is 16.7. The number of nitrogens with one attached hydrogen (secondary N) is 2. The SMILES string of the molecule is CC(C)(C)OC(=O)N(Cc1cccc(SNC(=O)NC(C)(COC(=O)C(C)(C)C)c2cccc(Cl)c2)c1N)C(=O)OC(C)(C)C. The minimum Gasteiger partial charge on any atom is -0.462 e. The average molecular weight is 665 g/mol. The lowest BCUT2D eigenvalue weighted by atomic mass is 9.92. The van der Waals surface area contributed by atoms with E-state index in [9.17, 15) is 19.2 Å². The van der Waals surface area contributed by atoms with Gasteiger partial charge in [0.2, 0.25) is 0 Å². The van der Waals surface area contributed by atoms with E-state index in [0.717, 1.165) is 16.8 Å². The molecule has 248 valence electrons. The highest BCUT2D eigenvalue weighted by Crippen LogP contribution is 2.29. The van der Waals surface area contributed by atoms with Crippen LogP contribution >= 0.6 is 23.5 Å². The van der Waals surface area contributed by atoms with Gasteiger partial charge in [0.05, 0.1) is 28.1 Å². The van der Waals surface area contributed by atoms with Crippen LogP contribution in [0.25, 0.3) is 0 Å². The van der Waals surface area contributed by atoms with Crippen LogP contribution in [0.1, 0.15) is 80.4 Å². The highest BCUT2D eigenvalue weighted by Gasteiger charge is 2.34. The van der Waals surface area contributed by atoms with Crippen LogP contribution in [0.2, 0.25) is 5.02 Å². The van der Waals surface area contributed by atoms with Gasteiger partial charge < -0.3 is 25.3 Å². The Balaban J connectivity index is 2.26. The van der Waals surface area contributed by atoms with Gasteiger partial charge in [-0.3, -0.25) is 9.52 Å². The molecule has 13 heteroatoms. The van der Waals surface area contributed by atoms with Crippen LogP contribution in [0.5, 0.6) is 0 Å². The van der Waals surface area contributed by atoms with Gasteiger partial charge in [-0.1, -0.05) is 35.9 Å². The van der Waals surface area contributed by atoms with Crippen molar-refractivity contribution in [3.63, 3.8) is 0 Å². The number of ether oxygens (including phenoxy) is 3. The Kier molecular flexibility index (Phi) is 12.2. The van der Waals surface area contributed by atoms with Crippen molar-refractivity contribution in [2.24, 2.45) is 5.41 Å². The van der Waals surface area contributed by atoms with Gasteiger partial charge in [-0.05, 0) is 111 Å². The molecule has 2 aromatic rings. The first-order valence-electron chi connectivity index (χ1n) is 14.3. The molecule has 0 saturated heterocycles. The van der Waals surface area contributed by atoms with E-state index in [0.29, 0.717) is 21.0 Å². The lowest BCUT2D eigenvalue weighted by molar-refractivity contribution is -0.155. The molecule has 0 spiro atoms. The normalized spacial score (nSPS) is 13.2. The van der Waals surface area contributed by atoms with E-state index < -0.39 is 46.3 Å². The van der Waals surface area contributed by atoms with E-state index in [2.05, 4.69) is 10.0 Å². The van der Waals surface area contributed by atoms with Gasteiger partial charge in [-0.25, -0.2) is 19.3 Å². The topological polar surface area (TPSA) is 149 Å². The first-order chi connectivity index (χ1) is 20.5. The lowest BCUT2D eigenvalue weighted by Crippen LogP contribution is -2.50. The summed E-state index contributed by atoms with van der Waals surface area (Å²) < 4.78 is 19.1. The number of esters is 1. The van der Waals surface area contributed by atoms with Crippen LogP contribution < -0.4 is 15.8 Å². The van der Waals surface area contributed by atoms with Crippen molar-refractivity contribution in [3.8, 4) is 0 Å². The molecular formula is C32H45ClN4O7S. The molecule has 45 heavy (non-hydrogen) atoms. The van der Waals surface area contributed by atoms with Crippen molar-refractivity contribution in [1.29, 1.82) is 0 Å². The summed E-state index contributed by atoms with van der Waals surface area (Å²) in [6, 6.07) is 11.3. The first-order valence-corrected chi connectivity index (χ1v) is 15.5. The van der Waals surface area contributed by atoms with Crippen molar-refractivity contribution >= 4 is 53.4 Å². The third-order valence-corrected chi connectivity index (χ3v) is 7.02. The summed E-state index contributed by atoms with van der Waals surface area (Å²) in [7, 11) is 0. The standard InChI is InChI=1S/C32H45ClN4O7S/c1-29(2,3)25(38)42-19-32(10,21-14-12-15-22(33)17-21)35-26(39)36-45-23-16-11-13-20(24(23)34)18-37(27(40)43-30(4,5)6)28(41)44-31(7,8)9/h11-17H,18-19,34H2,1-10H3,(H2,35,36,39). The molecule has 0 radical (unpaired) electrons. The van der Waals surface area contributed by atoms with Gasteiger partial charge in [0.15, 0.2) is 0 Å². The number of nitrogen functional groups attached to an aromatic ring is 1. The summed E-state index contributed by atoms with van der Waals surface area (Å²) in [5.74, 6) is -0.427. The van der Waals surface area contributed by atoms with Crippen molar-refractivity contribution in [2.75, 3.05) is 12.3 Å². The number of hydrogen-bond acceptors (Lipinski definition) is 9. The number of imide groups is 1. The van der Waals surface area contributed by atoms with Crippen molar-refractivity contribution in [2.45, 2.75) is 97.4 Å². The maximum absolute atomic E-state index is 13.2. The van der Waals surface area contributed by atoms with Gasteiger partial charge in [-0.15, -0.1) is 0 Å². The second-order valence-corrected chi connectivity index (χ2v) is 15.0. The number of nitrogens with two attached hydrogens (primary N) is 1. The van der Waals surface area contributed by atoms with Crippen LogP contribution in [0, 0.1) is 5.41 Å². The maximum Gasteiger partial charge on any atom is 0.420 e. The summed E-state index contributed by atoms with van der Waals surface area (Å²) in [5.41, 5.74) is 4.13. The highest BCUT2D eigenvalue weighted by atomic mass is 35.5. The first kappa shape index (κ1) is 37.5. The van der Waals surface area contributed by atoms with Crippen LogP contribution in [0.3, 0.4) is 0 Å². The molecule has 4 amide bonds. The zero-order valence-electron chi connectivity index (χ0n) is 27.6. The monoisotopic (exact) mass is 664 g/mol. The fourth-order valence-electron chi connectivity index (χ4n) is 3.65. The van der Waals surface area contributed by atoms with Gasteiger partial charge in [0, 0.05) is 5.02 Å². The molecule has 0 aliphatic rings. The molecule has 1 atom stereocenters. The number of nitrogens with zero attached hydrogens (tertiary/aromatic N) is 1. The molecule has 0 saturated carbocycles. The number of urea groups is 1. The van der Waals surface area contributed by atoms with E-state index in [1.54, 1.807) is 112 Å². The fourth-order valence-corrected chi connectivity index (χ4v) is 4.48. The summed E-state index contributed by atoms with van der Waals surface area (Å²) in [6.07, 6.45) is -1.78. The third-order valence-electron chi connectivity index (χ3n) is 5.92. The smallest absolute Gasteiger partial charge is 0.420 e. The zero-order valence-corrected chi connectivity index (χ0v) is 29.2. The van der Waals surface area contributed by atoms with Crippen LogP contribution in [0.15, 0.2) is 47.4 Å². The Morgan fingerprint density at radius 1 is 0.867 bits per heavy atom. The highest BCUT2D eigenvalue weighted by molar-refractivity contribution is 7.98. The second-order valence-electron chi connectivity index (χ2n) is 13.7. The molecule has 2 rings (SSSR count). The molecular weight excluding hydrogens is 620 g/mol. The van der Waals surface area contributed by atoms with Gasteiger partial charge in [0.1, 0.15) is 17.8 Å². The third kappa shape index (κ3) is 12.0. The van der Waals surface area contributed by atoms with E-state index in [1.807, 2.05) is 0 Å². The minimum absolute atomic E-state index is 0.148. The molecule has 0 aromatic heterocycles. The van der Waals surface area contributed by atoms with Crippen molar-refractivity contribution < 1.29 is 33.4 Å². The molecule has 4 N–H and O–H groups in total. The fraction of sp³-hybridized carbons (Fsp3) is 0.500. The molecule has 0 heterocycles. The molecule has 0 aliphatic heterocycles. The largest absolute Gasteiger partial charge is 0.462 e. The van der Waals surface area contributed by atoms with Gasteiger partial charge in [-0.2, -0.15) is 0 Å². The number of carbonyl (C=O) groups is 4. The zero-order chi connectivity index (χ0) is 34.4. The summed E-state index contributed by atoms with van der Waals surface area (Å²) in [5, 5.41) is 3.33. The lowest BCUT2D eigenvalue weighted by Gasteiger charge is -2.32. The minimum atomic E-state index is -1.13. The Morgan fingerprint density at radius 2 is 1.42 bits per heavy atom. The molecule has 0 bridgehead atoms. The number of halogens is 1. The molecule has 0 aliphatic carbocycles. The molecule has 11 nitrogen and oxygen atoms in total. The maximum atomic E-state index is 13.2. The van der Waals surface area contributed by atoms with E-state index in [1.165, 1.54) is 0 Å². The number of benzene rings is 2. The number of amides is 4. The average Bonchev–Trinajstić information content (AvgIpc) is 2.87. The van der Waals surface area contributed by atoms with E-state index >= 15 is 0 Å². The molecule has 2 aromatic carbocycles. The Bertz CT molecular complexity index is 1370. The molecule has 1 unspecified atom stereocenters. The predicted molar refractivity (Wildman–Crippen MR) is 176 cm³/mol. The number of anilines is 1. The van der Waals surface area contributed by atoms with Crippen molar-refractivity contribution in [3.05, 3.63) is 58.6 Å². The number of carbonyl (C=O) groups excluding carboxylic acids is 4. The second kappa shape index (κ2) is 14.6. The van der Waals surface area contributed by atoms with Crippen molar-refractivity contribution in [1.82, 2.24) is 14.9 Å². The van der Waals surface area contributed by atoms with E-state index in [4.69, 9.17) is 31.5 Å². The molecule has 0 fully saturated rings. The van der Waals surface area contributed by atoms with E-state index in [-0.39, 0.29) is 18.8 Å². The summed E-state index contributed by atoms with van der Waals surface area (Å²) in [4.78, 5) is 52.9. The Morgan fingerprint density at radius 3 is 1.93 bits per heavy atom.